The minimum Gasteiger partial charge on any atom is -0.497 e. The van der Waals surface area contributed by atoms with Crippen molar-refractivity contribution in [3.05, 3.63) is 53.6 Å². The minimum atomic E-state index is -1.64. The van der Waals surface area contributed by atoms with E-state index in [-0.39, 0.29) is 11.3 Å². The van der Waals surface area contributed by atoms with Gasteiger partial charge in [0, 0.05) is 48.9 Å². The monoisotopic (exact) mass is 437 g/mol. The van der Waals surface area contributed by atoms with Crippen LogP contribution in [0.2, 0.25) is 0 Å². The van der Waals surface area contributed by atoms with Gasteiger partial charge in [0.2, 0.25) is 0 Å². The topological polar surface area (TPSA) is 62.0 Å². The minimum absolute atomic E-state index is 0.0778. The molecule has 1 heterocycles. The smallest absolute Gasteiger partial charge is 0.139 e. The molecule has 3 N–H and O–H groups in total. The van der Waals surface area contributed by atoms with Crippen LogP contribution in [0.4, 0.5) is 14.5 Å². The van der Waals surface area contributed by atoms with Gasteiger partial charge in [-0.05, 0) is 31.5 Å². The lowest BCUT2D eigenvalue weighted by molar-refractivity contribution is 0.000144. The van der Waals surface area contributed by atoms with Crippen molar-refractivity contribution in [2.75, 3.05) is 39.0 Å². The fourth-order valence-electron chi connectivity index (χ4n) is 3.76. The number of nitrogens with zero attached hydrogens (tertiary/aromatic N) is 2. The van der Waals surface area contributed by atoms with Crippen LogP contribution in [0, 0.1) is 11.6 Å². The number of benzene rings is 2. The van der Waals surface area contributed by atoms with Crippen molar-refractivity contribution in [1.82, 2.24) is 9.21 Å². The van der Waals surface area contributed by atoms with Crippen molar-refractivity contribution in [2.45, 2.75) is 24.5 Å². The molecule has 2 unspecified atom stereocenters. The van der Waals surface area contributed by atoms with E-state index in [1.807, 2.05) is 31.2 Å². The lowest BCUT2D eigenvalue weighted by Crippen LogP contribution is -2.33. The Labute approximate surface area is 177 Å². The van der Waals surface area contributed by atoms with Gasteiger partial charge < -0.3 is 15.6 Å². The van der Waals surface area contributed by atoms with E-state index >= 15 is 0 Å². The molecule has 0 bridgehead atoms. The molecule has 0 radical (unpaired) electrons. The number of rotatable bonds is 5. The Hall–Kier alpha value is -2.13. The maximum Gasteiger partial charge on any atom is 0.139 e. The van der Waals surface area contributed by atoms with Crippen LogP contribution in [0.25, 0.3) is 0 Å². The van der Waals surface area contributed by atoms with E-state index in [2.05, 4.69) is 15.5 Å². The second kappa shape index (κ2) is 9.34. The van der Waals surface area contributed by atoms with Gasteiger partial charge in [-0.25, -0.2) is 8.78 Å². The average molecular weight is 438 g/mol. The predicted molar refractivity (Wildman–Crippen MR) is 121 cm³/mol. The quantitative estimate of drug-likeness (QED) is 0.553. The number of methoxy groups -OCH3 is 1. The van der Waals surface area contributed by atoms with Crippen LogP contribution in [-0.2, 0) is 0 Å². The maximum absolute atomic E-state index is 14.4. The third kappa shape index (κ3) is 4.46. The molecule has 0 aromatic heterocycles. The summed E-state index contributed by atoms with van der Waals surface area (Å²) in [6.45, 7) is 4.32. The van der Waals surface area contributed by atoms with Crippen molar-refractivity contribution in [3.8, 4) is 5.75 Å². The number of hydrogen-bond acceptors (Lipinski definition) is 5. The Bertz CT molecular complexity index is 998. The molecular weight excluding hydrogens is 408 g/mol. The molecule has 1 saturated heterocycles. The highest BCUT2D eigenvalue weighted by atomic mass is 32.2. The van der Waals surface area contributed by atoms with Crippen molar-refractivity contribution >= 4 is 26.3 Å². The van der Waals surface area contributed by atoms with Gasteiger partial charge in [0.25, 0.3) is 0 Å². The van der Waals surface area contributed by atoms with Gasteiger partial charge >= 0.3 is 0 Å². The molecule has 0 spiro atoms. The van der Waals surface area contributed by atoms with Crippen LogP contribution in [0.1, 0.15) is 25.1 Å². The first-order valence-electron chi connectivity index (χ1n) is 9.81. The summed E-state index contributed by atoms with van der Waals surface area (Å²) in [5.41, 5.74) is 6.31. The molecule has 5 nitrogen and oxygen atoms in total. The lowest BCUT2D eigenvalue weighted by atomic mass is 10.1. The van der Waals surface area contributed by atoms with Gasteiger partial charge in [0.05, 0.1) is 12.7 Å². The molecule has 1 aliphatic rings. The summed E-state index contributed by atoms with van der Waals surface area (Å²) in [6, 6.07) is 9.91. The van der Waals surface area contributed by atoms with E-state index < -0.39 is 27.3 Å². The maximum atomic E-state index is 14.4. The summed E-state index contributed by atoms with van der Waals surface area (Å²) in [7, 11) is -0.298. The Morgan fingerprint density at radius 2 is 1.87 bits per heavy atom. The van der Waals surface area contributed by atoms with E-state index in [4.69, 9.17) is 10.5 Å². The van der Waals surface area contributed by atoms with Crippen LogP contribution in [0.3, 0.4) is 0 Å². The van der Waals surface area contributed by atoms with Crippen LogP contribution >= 0.6 is 9.39 Å². The SMILES string of the molecule is C=S(=CC)(c1cccc(N)c1)N1CCCN(C(O)c2c(F)cc(OC)cc2F)CC1. The van der Waals surface area contributed by atoms with Crippen molar-refractivity contribution in [1.29, 1.82) is 0 Å². The van der Waals surface area contributed by atoms with E-state index in [0.29, 0.717) is 25.3 Å². The first-order chi connectivity index (χ1) is 14.3. The summed E-state index contributed by atoms with van der Waals surface area (Å²) in [5, 5.41) is 12.9. The summed E-state index contributed by atoms with van der Waals surface area (Å²) < 4.78 is 36.1. The fourth-order valence-corrected chi connectivity index (χ4v) is 6.15. The Kier molecular flexibility index (Phi) is 7.02. The van der Waals surface area contributed by atoms with Crippen molar-refractivity contribution in [2.24, 2.45) is 0 Å². The highest BCUT2D eigenvalue weighted by Crippen LogP contribution is 2.39. The molecule has 3 rings (SSSR count). The number of ether oxygens (including phenoxy) is 1. The van der Waals surface area contributed by atoms with Gasteiger partial charge in [0.15, 0.2) is 0 Å². The normalized spacial score (nSPS) is 19.0. The summed E-state index contributed by atoms with van der Waals surface area (Å²) >= 11 is 0. The van der Waals surface area contributed by atoms with E-state index in [1.165, 1.54) is 7.11 Å². The number of nitrogens with two attached hydrogens (primary N) is 1. The molecule has 0 aliphatic carbocycles. The van der Waals surface area contributed by atoms with Crippen LogP contribution in [0.5, 0.6) is 5.75 Å². The third-order valence-electron chi connectivity index (χ3n) is 5.50. The number of halogens is 2. The molecule has 0 amide bonds. The number of anilines is 1. The Morgan fingerprint density at radius 1 is 1.17 bits per heavy atom. The van der Waals surface area contributed by atoms with Crippen LogP contribution in [0.15, 0.2) is 41.3 Å². The van der Waals surface area contributed by atoms with Gasteiger partial charge in [-0.3, -0.25) is 9.21 Å². The average Bonchev–Trinajstić information content (AvgIpc) is 2.99. The highest BCUT2D eigenvalue weighted by Gasteiger charge is 2.28. The zero-order valence-electron chi connectivity index (χ0n) is 17.4. The zero-order chi connectivity index (χ0) is 21.9. The fraction of sp³-hybridized carbons (Fsp3) is 0.364. The predicted octanol–water partition coefficient (Wildman–Crippen LogP) is 3.59. The molecule has 0 saturated carbocycles. The first-order valence-corrected chi connectivity index (χ1v) is 11.6. The van der Waals surface area contributed by atoms with E-state index in [9.17, 15) is 13.9 Å². The van der Waals surface area contributed by atoms with Crippen molar-refractivity contribution < 1.29 is 18.6 Å². The Balaban J connectivity index is 1.82. The first kappa shape index (κ1) is 22.6. The summed E-state index contributed by atoms with van der Waals surface area (Å²) in [4.78, 5) is 2.76. The van der Waals surface area contributed by atoms with Gasteiger partial charge in [0.1, 0.15) is 23.6 Å². The van der Waals surface area contributed by atoms with Crippen molar-refractivity contribution in [3.63, 3.8) is 0 Å². The summed E-state index contributed by atoms with van der Waals surface area (Å²) in [6.07, 6.45) is -0.639. The third-order valence-corrected chi connectivity index (χ3v) is 8.64. The van der Waals surface area contributed by atoms with E-state index in [1.54, 1.807) is 4.90 Å². The molecule has 164 valence electrons. The van der Waals surface area contributed by atoms with Gasteiger partial charge in [-0.2, -0.15) is 0 Å². The second-order valence-electron chi connectivity index (χ2n) is 7.26. The largest absolute Gasteiger partial charge is 0.497 e. The van der Waals surface area contributed by atoms with E-state index in [0.717, 1.165) is 30.0 Å². The molecule has 1 fully saturated rings. The zero-order valence-corrected chi connectivity index (χ0v) is 18.2. The molecular formula is C22H29F2N3O2S. The number of nitrogen functional groups attached to an aromatic ring is 1. The number of aliphatic hydroxyl groups is 1. The molecule has 8 heteroatoms. The summed E-state index contributed by atoms with van der Waals surface area (Å²) in [5.74, 6) is 2.96. The standard InChI is InChI=1S/C22H29F2N3O2S/c1-4-30(3,18-8-5-7-16(25)13-18)27-10-6-9-26(11-12-27)22(28)21-19(23)14-17(29-2)15-20(21)24/h4-5,7-8,13-15,22,28H,3,6,9-12,25H2,1-2H3. The molecule has 1 aliphatic heterocycles. The highest BCUT2D eigenvalue weighted by molar-refractivity contribution is 8.26. The van der Waals surface area contributed by atoms with Crippen LogP contribution in [-0.4, -0.2) is 58.8 Å². The van der Waals surface area contributed by atoms with Gasteiger partial charge in [-0.15, -0.1) is 9.39 Å². The molecule has 30 heavy (non-hydrogen) atoms. The Morgan fingerprint density at radius 3 is 2.47 bits per heavy atom. The molecule has 2 aromatic carbocycles. The molecule has 2 atom stereocenters. The molecule has 2 aromatic rings. The number of hydrogen-bond donors (Lipinski definition) is 2. The lowest BCUT2D eigenvalue weighted by Gasteiger charge is -2.32. The number of aliphatic hydroxyl groups excluding tert-OH is 1. The van der Waals surface area contributed by atoms with Gasteiger partial charge in [-0.1, -0.05) is 17.3 Å². The second-order valence-corrected chi connectivity index (χ2v) is 10.2. The van der Waals surface area contributed by atoms with Crippen LogP contribution < -0.4 is 10.5 Å².